The van der Waals surface area contributed by atoms with Crippen molar-refractivity contribution >= 4 is 23.0 Å². The van der Waals surface area contributed by atoms with Gasteiger partial charge in [-0.3, -0.25) is 9.59 Å². The molecule has 0 aliphatic carbocycles. The number of amides is 1. The number of pyridine rings is 2. The summed E-state index contributed by atoms with van der Waals surface area (Å²) in [6, 6.07) is 7.51. The predicted molar refractivity (Wildman–Crippen MR) is 149 cm³/mol. The van der Waals surface area contributed by atoms with Gasteiger partial charge in [-0.25, -0.2) is 9.50 Å². The minimum atomic E-state index is -1.00. The number of Topliss-reactive ketones (excluding diaryl/α,β-unsaturated/α-hetero) is 1. The maximum Gasteiger partial charge on any atom is 0.238 e. The Bertz CT molecular complexity index is 1440. The molecule has 2 aliphatic rings. The fourth-order valence-corrected chi connectivity index (χ4v) is 5.18. The number of carbonyl (C=O) groups is 2. The minimum absolute atomic E-state index is 0.102. The summed E-state index contributed by atoms with van der Waals surface area (Å²) in [5, 5.41) is 30.4. The lowest BCUT2D eigenvalue weighted by Gasteiger charge is -2.41. The van der Waals surface area contributed by atoms with Crippen LogP contribution in [0.1, 0.15) is 52.0 Å². The molecular weight excluding hydrogens is 510 g/mol. The molecule has 0 spiro atoms. The maximum absolute atomic E-state index is 12.8. The Labute approximate surface area is 233 Å². The van der Waals surface area contributed by atoms with E-state index in [1.54, 1.807) is 30.8 Å². The summed E-state index contributed by atoms with van der Waals surface area (Å²) in [6.45, 7) is 7.50. The van der Waals surface area contributed by atoms with Gasteiger partial charge in [0.25, 0.3) is 0 Å². The highest BCUT2D eigenvalue weighted by Gasteiger charge is 2.35. The normalized spacial score (nSPS) is 19.3. The van der Waals surface area contributed by atoms with Crippen LogP contribution in [0.15, 0.2) is 36.8 Å². The molecule has 3 aromatic rings. The van der Waals surface area contributed by atoms with E-state index in [4.69, 9.17) is 9.72 Å². The first kappa shape index (κ1) is 27.6. The van der Waals surface area contributed by atoms with E-state index in [9.17, 15) is 20.0 Å². The summed E-state index contributed by atoms with van der Waals surface area (Å²) in [7, 11) is 0. The molecule has 3 aromatic heterocycles. The molecule has 2 aliphatic heterocycles. The summed E-state index contributed by atoms with van der Waals surface area (Å²) in [5.74, 6) is 1.37. The Morgan fingerprint density at radius 2 is 2.10 bits per heavy atom. The fraction of sp³-hybridized carbons (Fsp3) is 0.483. The Hall–Kier alpha value is -4.01. The number of ether oxygens (including phenoxy) is 1. The van der Waals surface area contributed by atoms with Crippen molar-refractivity contribution in [3.8, 4) is 22.9 Å². The fourth-order valence-electron chi connectivity index (χ4n) is 5.18. The molecule has 0 saturated carbocycles. The van der Waals surface area contributed by atoms with Gasteiger partial charge in [-0.1, -0.05) is 0 Å². The average Bonchev–Trinajstić information content (AvgIpc) is 3.35. The topological polar surface area (TPSA) is 145 Å². The molecule has 3 N–H and O–H groups in total. The minimum Gasteiger partial charge on any atom is -0.489 e. The summed E-state index contributed by atoms with van der Waals surface area (Å²) < 4.78 is 7.43. The third kappa shape index (κ3) is 6.08. The number of anilines is 1. The monoisotopic (exact) mass is 545 g/mol. The number of aromatic nitrogens is 3. The van der Waals surface area contributed by atoms with Crippen LogP contribution in [0.25, 0.3) is 16.6 Å². The van der Waals surface area contributed by atoms with E-state index in [2.05, 4.69) is 33.6 Å². The largest absolute Gasteiger partial charge is 0.489 e. The number of hydrogen-bond donors (Lipinski definition) is 3. The molecule has 2 saturated heterocycles. The van der Waals surface area contributed by atoms with Crippen molar-refractivity contribution in [1.82, 2.24) is 25.2 Å². The number of ketones is 1. The van der Waals surface area contributed by atoms with Crippen molar-refractivity contribution in [1.29, 1.82) is 5.26 Å². The Morgan fingerprint density at radius 1 is 1.32 bits per heavy atom. The van der Waals surface area contributed by atoms with Gasteiger partial charge in [0, 0.05) is 55.3 Å². The molecule has 40 heavy (non-hydrogen) atoms. The van der Waals surface area contributed by atoms with Gasteiger partial charge in [-0.2, -0.15) is 10.4 Å². The van der Waals surface area contributed by atoms with Crippen molar-refractivity contribution in [3.05, 3.63) is 42.4 Å². The maximum atomic E-state index is 12.8. The molecule has 0 aromatic carbocycles. The van der Waals surface area contributed by atoms with Crippen LogP contribution in [0.3, 0.4) is 0 Å². The molecule has 11 heteroatoms. The van der Waals surface area contributed by atoms with Crippen molar-refractivity contribution < 1.29 is 19.4 Å². The first-order valence-electron chi connectivity index (χ1n) is 13.6. The Morgan fingerprint density at radius 3 is 2.75 bits per heavy atom. The van der Waals surface area contributed by atoms with Gasteiger partial charge in [-0.15, -0.1) is 0 Å². The highest BCUT2D eigenvalue weighted by atomic mass is 16.5. The second-order valence-corrected chi connectivity index (χ2v) is 11.6. The van der Waals surface area contributed by atoms with E-state index in [1.165, 1.54) is 6.20 Å². The number of carbonyl (C=O) groups excluding carboxylic acids is 2. The quantitative estimate of drug-likeness (QED) is 0.407. The zero-order valence-corrected chi connectivity index (χ0v) is 23.1. The standard InChI is InChI=1S/C29H35N7O4/c1-28(2,39)18-40-22-13-23(26-20(14-30)16-33-36(26)17-22)19-4-5-25(32-15-19)35-10-7-29(3,8-11-35)34-27(38)24-12-21(37)6-9-31-24/h4-5,13,15-17,24,31,39H,6-12,18H2,1-3H3,(H,34,38). The predicted octanol–water partition coefficient (Wildman–Crippen LogP) is 2.21. The van der Waals surface area contributed by atoms with Gasteiger partial charge in [-0.05, 0) is 51.8 Å². The molecule has 5 heterocycles. The summed E-state index contributed by atoms with van der Waals surface area (Å²) in [4.78, 5) is 31.5. The van der Waals surface area contributed by atoms with E-state index >= 15 is 0 Å². The van der Waals surface area contributed by atoms with Crippen LogP contribution in [0.4, 0.5) is 5.82 Å². The molecule has 0 bridgehead atoms. The van der Waals surface area contributed by atoms with Gasteiger partial charge < -0.3 is 25.4 Å². The van der Waals surface area contributed by atoms with Crippen molar-refractivity contribution in [2.75, 3.05) is 31.1 Å². The number of nitrogens with zero attached hydrogens (tertiary/aromatic N) is 5. The van der Waals surface area contributed by atoms with Gasteiger partial charge in [0.1, 0.15) is 30.0 Å². The third-order valence-corrected chi connectivity index (χ3v) is 7.52. The second kappa shape index (κ2) is 10.9. The lowest BCUT2D eigenvalue weighted by atomic mass is 9.88. The molecule has 2 fully saturated rings. The van der Waals surface area contributed by atoms with Crippen LogP contribution >= 0.6 is 0 Å². The number of nitrogens with one attached hydrogen (secondary N) is 2. The zero-order chi connectivity index (χ0) is 28.5. The van der Waals surface area contributed by atoms with Crippen molar-refractivity contribution in [3.63, 3.8) is 0 Å². The number of piperidine rings is 2. The molecule has 1 unspecified atom stereocenters. The Balaban J connectivity index is 1.29. The highest BCUT2D eigenvalue weighted by molar-refractivity contribution is 5.90. The number of nitriles is 1. The average molecular weight is 546 g/mol. The highest BCUT2D eigenvalue weighted by Crippen LogP contribution is 2.32. The van der Waals surface area contributed by atoms with Gasteiger partial charge in [0.2, 0.25) is 5.91 Å². The molecular formula is C29H35N7O4. The molecule has 11 nitrogen and oxygen atoms in total. The SMILES string of the molecule is CC(C)(O)COc1cc(-c2ccc(N3CCC(C)(NC(=O)C4CC(=O)CCN4)CC3)nc2)c2c(C#N)cnn2c1. The number of hydrogen-bond acceptors (Lipinski definition) is 9. The Kier molecular flexibility index (Phi) is 7.49. The van der Waals surface area contributed by atoms with Gasteiger partial charge >= 0.3 is 0 Å². The zero-order valence-electron chi connectivity index (χ0n) is 23.1. The van der Waals surface area contributed by atoms with E-state index in [0.29, 0.717) is 29.8 Å². The van der Waals surface area contributed by atoms with Crippen LogP contribution in [-0.4, -0.2) is 74.8 Å². The van der Waals surface area contributed by atoms with E-state index in [0.717, 1.165) is 42.9 Å². The van der Waals surface area contributed by atoms with Crippen LogP contribution in [0.2, 0.25) is 0 Å². The van der Waals surface area contributed by atoms with Crippen molar-refractivity contribution in [2.24, 2.45) is 0 Å². The van der Waals surface area contributed by atoms with Gasteiger partial charge in [0.15, 0.2) is 0 Å². The van der Waals surface area contributed by atoms with E-state index in [-0.39, 0.29) is 30.3 Å². The smallest absolute Gasteiger partial charge is 0.238 e. The molecule has 5 rings (SSSR count). The molecule has 0 radical (unpaired) electrons. The van der Waals surface area contributed by atoms with Crippen LogP contribution in [-0.2, 0) is 9.59 Å². The molecule has 210 valence electrons. The summed E-state index contributed by atoms with van der Waals surface area (Å²) in [5.41, 5.74) is 1.32. The summed E-state index contributed by atoms with van der Waals surface area (Å²) in [6.07, 6.45) is 7.23. The molecule has 1 amide bonds. The lowest BCUT2D eigenvalue weighted by molar-refractivity contribution is -0.130. The van der Waals surface area contributed by atoms with E-state index < -0.39 is 11.6 Å². The third-order valence-electron chi connectivity index (χ3n) is 7.52. The summed E-state index contributed by atoms with van der Waals surface area (Å²) >= 11 is 0. The molecule has 1 atom stereocenters. The van der Waals surface area contributed by atoms with Crippen LogP contribution in [0, 0.1) is 11.3 Å². The van der Waals surface area contributed by atoms with Crippen LogP contribution in [0.5, 0.6) is 5.75 Å². The van der Waals surface area contributed by atoms with Crippen molar-refractivity contribution in [2.45, 2.75) is 63.6 Å². The number of fused-ring (bicyclic) bond motifs is 1. The lowest BCUT2D eigenvalue weighted by Crippen LogP contribution is -2.58. The first-order valence-corrected chi connectivity index (χ1v) is 13.6. The van der Waals surface area contributed by atoms with E-state index in [1.807, 2.05) is 18.2 Å². The van der Waals surface area contributed by atoms with Gasteiger partial charge in [0.05, 0.1) is 35.1 Å². The van der Waals surface area contributed by atoms with Crippen LogP contribution < -0.4 is 20.3 Å². The number of rotatable bonds is 7. The first-order chi connectivity index (χ1) is 19.0. The number of aliphatic hydroxyl groups is 1. The second-order valence-electron chi connectivity index (χ2n) is 11.6.